The third-order valence-corrected chi connectivity index (χ3v) is 7.08. The molecule has 0 saturated carbocycles. The molecular weight excluding hydrogens is 416 g/mol. The van der Waals surface area contributed by atoms with E-state index in [4.69, 9.17) is 9.47 Å². The molecule has 0 aromatic rings. The van der Waals surface area contributed by atoms with E-state index in [0.717, 1.165) is 0 Å². The number of carbonyl (C=O) groups excluding carboxylic acids is 2. The van der Waals surface area contributed by atoms with Gasteiger partial charge >= 0.3 is 12.2 Å². The van der Waals surface area contributed by atoms with Gasteiger partial charge in [0.15, 0.2) is 0 Å². The zero-order chi connectivity index (χ0) is 22.5. The highest BCUT2D eigenvalue weighted by atomic mass is 32.2. The standard InChI is InChI=1S/C10H19NO3S.C9H17NO3S/c1-10(2,3)14-9(12)11-5-7-15(4,13)8-6-11;1-9(2,3)13-8(11)10-4-6-14(12)7-5-10/h4-8H2,1-3H3;4-7H2,1-3H3. The molecule has 2 saturated heterocycles. The zero-order valence-corrected chi connectivity index (χ0v) is 20.2. The fraction of sp³-hybridized carbons (Fsp3) is 0.842. The molecule has 0 radical (unpaired) electrons. The maximum atomic E-state index is 11.6. The summed E-state index contributed by atoms with van der Waals surface area (Å²) < 4.78 is 33.0. The SMILES string of the molecule is C=S1(=O)CCN(C(=O)OC(C)(C)C)CC1.CC(C)(C)OC(=O)N1CCS(=O)CC1. The van der Waals surface area contributed by atoms with Crippen molar-refractivity contribution in [1.29, 1.82) is 0 Å². The quantitative estimate of drug-likeness (QED) is 0.522. The van der Waals surface area contributed by atoms with Gasteiger partial charge in [0.25, 0.3) is 0 Å². The van der Waals surface area contributed by atoms with Crippen LogP contribution in [0, 0.1) is 0 Å². The Morgan fingerprint density at radius 1 is 0.828 bits per heavy atom. The number of amides is 2. The molecule has 0 aromatic carbocycles. The molecule has 2 aliphatic rings. The van der Waals surface area contributed by atoms with Gasteiger partial charge in [-0.2, -0.15) is 0 Å². The molecular formula is C19H36N2O6S2. The van der Waals surface area contributed by atoms with Crippen LogP contribution < -0.4 is 0 Å². The number of rotatable bonds is 0. The van der Waals surface area contributed by atoms with E-state index in [1.54, 1.807) is 9.80 Å². The molecule has 0 aliphatic carbocycles. The van der Waals surface area contributed by atoms with Gasteiger partial charge in [-0.15, -0.1) is 0 Å². The Morgan fingerprint density at radius 3 is 1.52 bits per heavy atom. The van der Waals surface area contributed by atoms with E-state index in [2.05, 4.69) is 5.87 Å². The number of hydrogen-bond acceptors (Lipinski definition) is 6. The van der Waals surface area contributed by atoms with E-state index in [0.29, 0.717) is 49.2 Å². The van der Waals surface area contributed by atoms with Gasteiger partial charge in [-0.25, -0.2) is 9.59 Å². The predicted octanol–water partition coefficient (Wildman–Crippen LogP) is 1.94. The van der Waals surface area contributed by atoms with E-state index in [1.165, 1.54) is 0 Å². The van der Waals surface area contributed by atoms with Crippen LogP contribution in [0.1, 0.15) is 41.5 Å². The molecule has 2 amide bonds. The molecule has 0 aromatic heterocycles. The summed E-state index contributed by atoms with van der Waals surface area (Å²) in [5.41, 5.74) is -0.923. The monoisotopic (exact) mass is 452 g/mol. The van der Waals surface area contributed by atoms with Crippen LogP contribution in [-0.4, -0.2) is 96.7 Å². The first-order valence-corrected chi connectivity index (χ1v) is 13.3. The summed E-state index contributed by atoms with van der Waals surface area (Å²) in [6.45, 7) is 13.1. The first kappa shape index (κ1) is 25.7. The van der Waals surface area contributed by atoms with Crippen LogP contribution in [-0.2, 0) is 29.8 Å². The molecule has 0 N–H and O–H groups in total. The first-order chi connectivity index (χ1) is 13.1. The molecule has 2 aliphatic heterocycles. The Morgan fingerprint density at radius 2 is 1.17 bits per heavy atom. The van der Waals surface area contributed by atoms with Crippen LogP contribution >= 0.6 is 0 Å². The fourth-order valence-electron chi connectivity index (χ4n) is 2.42. The lowest BCUT2D eigenvalue weighted by molar-refractivity contribution is 0.0257. The van der Waals surface area contributed by atoms with E-state index >= 15 is 0 Å². The molecule has 2 heterocycles. The third kappa shape index (κ3) is 10.9. The highest BCUT2D eigenvalue weighted by Crippen LogP contribution is 2.13. The third-order valence-electron chi connectivity index (χ3n) is 3.95. The molecule has 2 fully saturated rings. The van der Waals surface area contributed by atoms with E-state index < -0.39 is 31.5 Å². The van der Waals surface area contributed by atoms with Crippen molar-refractivity contribution in [3.8, 4) is 0 Å². The van der Waals surface area contributed by atoms with Crippen molar-refractivity contribution in [1.82, 2.24) is 9.80 Å². The molecule has 0 spiro atoms. The van der Waals surface area contributed by atoms with Crippen molar-refractivity contribution < 1.29 is 27.5 Å². The Hall–Kier alpha value is -1.29. The molecule has 2 rings (SSSR count). The summed E-state index contributed by atoms with van der Waals surface area (Å²) in [6, 6.07) is 0. The molecule has 170 valence electrons. The average Bonchev–Trinajstić information content (AvgIpc) is 2.52. The van der Waals surface area contributed by atoms with E-state index in [-0.39, 0.29) is 12.2 Å². The van der Waals surface area contributed by atoms with Gasteiger partial charge in [-0.1, -0.05) is 0 Å². The second kappa shape index (κ2) is 10.1. The topological polar surface area (TPSA) is 93.2 Å². The number of hydrogen-bond donors (Lipinski definition) is 0. The predicted molar refractivity (Wildman–Crippen MR) is 118 cm³/mol. The van der Waals surface area contributed by atoms with Crippen LogP contribution in [0.4, 0.5) is 9.59 Å². The van der Waals surface area contributed by atoms with Crippen LogP contribution in [0.3, 0.4) is 0 Å². The lowest BCUT2D eigenvalue weighted by Gasteiger charge is -2.31. The minimum Gasteiger partial charge on any atom is -0.444 e. The van der Waals surface area contributed by atoms with Crippen molar-refractivity contribution in [3.63, 3.8) is 0 Å². The van der Waals surface area contributed by atoms with Crippen LogP contribution in [0.25, 0.3) is 0 Å². The molecule has 0 unspecified atom stereocenters. The average molecular weight is 453 g/mol. The van der Waals surface area contributed by atoms with Crippen molar-refractivity contribution >= 4 is 38.4 Å². The molecule has 29 heavy (non-hydrogen) atoms. The van der Waals surface area contributed by atoms with Gasteiger partial charge in [0.1, 0.15) is 11.2 Å². The molecule has 0 atom stereocenters. The Bertz CT molecular complexity index is 683. The molecule has 8 nitrogen and oxygen atoms in total. The van der Waals surface area contributed by atoms with Gasteiger partial charge < -0.3 is 19.3 Å². The lowest BCUT2D eigenvalue weighted by Crippen LogP contribution is -2.45. The zero-order valence-electron chi connectivity index (χ0n) is 18.5. The van der Waals surface area contributed by atoms with Gasteiger partial charge in [-0.05, 0) is 56.9 Å². The highest BCUT2D eigenvalue weighted by molar-refractivity contribution is 8.00. The maximum Gasteiger partial charge on any atom is 0.410 e. The summed E-state index contributed by atoms with van der Waals surface area (Å²) in [4.78, 5) is 26.4. The Balaban J connectivity index is 0.000000291. The van der Waals surface area contributed by atoms with Gasteiger partial charge in [0, 0.05) is 60.0 Å². The van der Waals surface area contributed by atoms with Gasteiger partial charge in [0.2, 0.25) is 0 Å². The van der Waals surface area contributed by atoms with E-state index in [1.807, 2.05) is 41.5 Å². The van der Waals surface area contributed by atoms with Crippen molar-refractivity contribution in [3.05, 3.63) is 0 Å². The second-order valence-corrected chi connectivity index (χ2v) is 13.6. The lowest BCUT2D eigenvalue weighted by atomic mass is 10.2. The minimum absolute atomic E-state index is 0.297. The molecule has 0 bridgehead atoms. The normalized spacial score (nSPS) is 20.3. The van der Waals surface area contributed by atoms with Crippen LogP contribution in [0.15, 0.2) is 0 Å². The Kier molecular flexibility index (Phi) is 9.01. The van der Waals surface area contributed by atoms with Crippen LogP contribution in [0.2, 0.25) is 0 Å². The number of ether oxygens (including phenoxy) is 2. The Labute approximate surface area is 177 Å². The summed E-state index contributed by atoms with van der Waals surface area (Å²) in [7, 11) is -2.69. The van der Waals surface area contributed by atoms with Gasteiger partial charge in [-0.3, -0.25) is 8.42 Å². The molecule has 10 heteroatoms. The largest absolute Gasteiger partial charge is 0.444 e. The maximum absolute atomic E-state index is 11.6. The summed E-state index contributed by atoms with van der Waals surface area (Å²) in [6.07, 6.45) is -0.619. The summed E-state index contributed by atoms with van der Waals surface area (Å²) in [5.74, 6) is 5.74. The summed E-state index contributed by atoms with van der Waals surface area (Å²) in [5, 5.41) is 0. The van der Waals surface area contributed by atoms with Crippen molar-refractivity contribution in [2.75, 3.05) is 49.2 Å². The minimum atomic E-state index is -1.94. The smallest absolute Gasteiger partial charge is 0.410 e. The van der Waals surface area contributed by atoms with Crippen molar-refractivity contribution in [2.24, 2.45) is 0 Å². The second-order valence-electron chi connectivity index (χ2n) is 9.16. The van der Waals surface area contributed by atoms with Gasteiger partial charge in [0.05, 0.1) is 0 Å². The first-order valence-electron chi connectivity index (χ1n) is 9.71. The van der Waals surface area contributed by atoms with Crippen molar-refractivity contribution in [2.45, 2.75) is 52.7 Å². The summed E-state index contributed by atoms with van der Waals surface area (Å²) >= 11 is 0. The number of nitrogens with zero attached hydrogens (tertiary/aromatic N) is 2. The highest BCUT2D eigenvalue weighted by Gasteiger charge is 2.26. The fourth-order valence-corrected chi connectivity index (χ4v) is 4.79. The van der Waals surface area contributed by atoms with E-state index in [9.17, 15) is 18.0 Å². The number of carbonyl (C=O) groups is 2. The van der Waals surface area contributed by atoms with Crippen LogP contribution in [0.5, 0.6) is 0 Å².